The van der Waals surface area contributed by atoms with Gasteiger partial charge >= 0.3 is 0 Å². The molecule has 1 aliphatic carbocycles. The molecule has 1 fully saturated rings. The van der Waals surface area contributed by atoms with Gasteiger partial charge in [0.2, 0.25) is 0 Å². The van der Waals surface area contributed by atoms with Crippen molar-refractivity contribution in [1.29, 1.82) is 0 Å². The maximum Gasteiger partial charge on any atom is 0.0964 e. The summed E-state index contributed by atoms with van der Waals surface area (Å²) >= 11 is 7.74. The Bertz CT molecular complexity index is 396. The zero-order chi connectivity index (χ0) is 14.9. The lowest BCUT2D eigenvalue weighted by Gasteiger charge is -2.24. The number of halogens is 1. The molecule has 0 saturated heterocycles. The molecule has 0 amide bonds. The molecule has 118 valence electrons. The summed E-state index contributed by atoms with van der Waals surface area (Å²) in [7, 11) is 0. The van der Waals surface area contributed by atoms with Crippen LogP contribution in [0.25, 0.3) is 0 Å². The van der Waals surface area contributed by atoms with Crippen LogP contribution in [0.3, 0.4) is 0 Å². The zero-order valence-electron chi connectivity index (χ0n) is 12.8. The lowest BCUT2D eigenvalue weighted by atomic mass is 9.98. The molecule has 0 aliphatic heterocycles. The van der Waals surface area contributed by atoms with E-state index in [2.05, 4.69) is 4.98 Å². The van der Waals surface area contributed by atoms with Gasteiger partial charge in [0, 0.05) is 17.5 Å². The van der Waals surface area contributed by atoms with Crippen molar-refractivity contribution < 1.29 is 0 Å². The van der Waals surface area contributed by atoms with Gasteiger partial charge in [-0.2, -0.15) is 0 Å². The Labute approximate surface area is 138 Å². The summed E-state index contributed by atoms with van der Waals surface area (Å²) in [6.07, 6.45) is 14.9. The highest BCUT2D eigenvalue weighted by Crippen LogP contribution is 2.30. The van der Waals surface area contributed by atoms with E-state index >= 15 is 0 Å². The van der Waals surface area contributed by atoms with Gasteiger partial charge in [-0.05, 0) is 25.0 Å². The summed E-state index contributed by atoms with van der Waals surface area (Å²) in [4.78, 5) is 4.41. The molecule has 2 atom stereocenters. The average molecular weight is 327 g/mol. The molecular weight excluding hydrogens is 300 g/mol. The fourth-order valence-electron chi connectivity index (χ4n) is 2.92. The molecule has 4 heteroatoms. The highest BCUT2D eigenvalue weighted by Gasteiger charge is 2.19. The number of nitrogens with zero attached hydrogens (tertiary/aromatic N) is 1. The molecule has 21 heavy (non-hydrogen) atoms. The first-order chi connectivity index (χ1) is 10.3. The number of hydrogen-bond donors (Lipinski definition) is 1. The predicted octanol–water partition coefficient (Wildman–Crippen LogP) is 5.44. The van der Waals surface area contributed by atoms with E-state index in [1.54, 1.807) is 6.20 Å². The number of aromatic nitrogens is 1. The highest BCUT2D eigenvalue weighted by atomic mass is 35.5. The summed E-state index contributed by atoms with van der Waals surface area (Å²) < 4.78 is 0. The van der Waals surface area contributed by atoms with Crippen LogP contribution in [0.5, 0.6) is 0 Å². The van der Waals surface area contributed by atoms with Gasteiger partial charge in [-0.3, -0.25) is 0 Å². The number of thioether (sulfide) groups is 1. The van der Waals surface area contributed by atoms with Crippen molar-refractivity contribution in [2.24, 2.45) is 5.73 Å². The van der Waals surface area contributed by atoms with Crippen LogP contribution in [0.15, 0.2) is 23.4 Å². The lowest BCUT2D eigenvalue weighted by Crippen LogP contribution is -2.32. The Balaban J connectivity index is 1.92. The van der Waals surface area contributed by atoms with E-state index in [0.717, 1.165) is 11.4 Å². The Hall–Kier alpha value is -0.250. The van der Waals surface area contributed by atoms with Crippen LogP contribution < -0.4 is 5.73 Å². The van der Waals surface area contributed by atoms with Crippen LogP contribution in [0.4, 0.5) is 0 Å². The standard InChI is InChI=1S/C17H27ClN2S/c18-14-11-12-17(20-13-14)21-16-10-8-6-4-2-1-3-5-7-9-15(16)19/h11-13,15-16H,1-10,19H2. The van der Waals surface area contributed by atoms with Crippen molar-refractivity contribution in [3.63, 3.8) is 0 Å². The molecule has 0 bridgehead atoms. The van der Waals surface area contributed by atoms with Crippen molar-refractivity contribution >= 4 is 23.4 Å². The fraction of sp³-hybridized carbons (Fsp3) is 0.706. The van der Waals surface area contributed by atoms with Crippen LogP contribution in [0, 0.1) is 0 Å². The molecule has 0 spiro atoms. The molecule has 2 rings (SSSR count). The summed E-state index contributed by atoms with van der Waals surface area (Å²) in [5.74, 6) is 0. The number of nitrogens with two attached hydrogens (primary N) is 1. The van der Waals surface area contributed by atoms with Gasteiger partial charge in [0.25, 0.3) is 0 Å². The third-order valence-corrected chi connectivity index (χ3v) is 5.82. The monoisotopic (exact) mass is 326 g/mol. The maximum atomic E-state index is 6.46. The van der Waals surface area contributed by atoms with Gasteiger partial charge in [-0.1, -0.05) is 63.0 Å². The molecule has 1 aliphatic rings. The minimum Gasteiger partial charge on any atom is -0.327 e. The molecule has 1 aromatic rings. The predicted molar refractivity (Wildman–Crippen MR) is 93.0 cm³/mol. The van der Waals surface area contributed by atoms with Crippen LogP contribution in [0.1, 0.15) is 64.2 Å². The average Bonchev–Trinajstić information content (AvgIpc) is 2.48. The Morgan fingerprint density at radius 1 is 0.952 bits per heavy atom. The van der Waals surface area contributed by atoms with Gasteiger partial charge in [-0.15, -0.1) is 11.8 Å². The third kappa shape index (κ3) is 6.58. The van der Waals surface area contributed by atoms with Crippen molar-refractivity contribution in [3.05, 3.63) is 23.4 Å². The largest absolute Gasteiger partial charge is 0.327 e. The highest BCUT2D eigenvalue weighted by molar-refractivity contribution is 7.99. The first kappa shape index (κ1) is 17.1. The molecular formula is C17H27ClN2S. The molecule has 0 aromatic carbocycles. The van der Waals surface area contributed by atoms with E-state index < -0.39 is 0 Å². The van der Waals surface area contributed by atoms with E-state index in [0.29, 0.717) is 10.3 Å². The number of pyridine rings is 1. The Morgan fingerprint density at radius 2 is 1.57 bits per heavy atom. The Morgan fingerprint density at radius 3 is 2.19 bits per heavy atom. The third-order valence-electron chi connectivity index (χ3n) is 4.23. The molecule has 2 N–H and O–H groups in total. The molecule has 1 aromatic heterocycles. The quantitative estimate of drug-likeness (QED) is 0.786. The first-order valence-corrected chi connectivity index (χ1v) is 9.55. The van der Waals surface area contributed by atoms with E-state index in [1.165, 1.54) is 57.8 Å². The van der Waals surface area contributed by atoms with Gasteiger partial charge < -0.3 is 5.73 Å². The van der Waals surface area contributed by atoms with Gasteiger partial charge in [0.05, 0.1) is 10.0 Å². The summed E-state index contributed by atoms with van der Waals surface area (Å²) in [5.41, 5.74) is 6.46. The van der Waals surface area contributed by atoms with Crippen LogP contribution >= 0.6 is 23.4 Å². The second-order valence-corrected chi connectivity index (χ2v) is 7.74. The van der Waals surface area contributed by atoms with Crippen molar-refractivity contribution in [3.8, 4) is 0 Å². The first-order valence-electron chi connectivity index (χ1n) is 8.29. The van der Waals surface area contributed by atoms with Crippen molar-refractivity contribution in [2.75, 3.05) is 0 Å². The fourth-order valence-corrected chi connectivity index (χ4v) is 4.20. The topological polar surface area (TPSA) is 38.9 Å². The number of hydrogen-bond acceptors (Lipinski definition) is 3. The maximum absolute atomic E-state index is 6.46. The van der Waals surface area contributed by atoms with Crippen LogP contribution in [-0.4, -0.2) is 16.3 Å². The molecule has 2 unspecified atom stereocenters. The molecule has 1 heterocycles. The minimum atomic E-state index is 0.284. The van der Waals surface area contributed by atoms with Gasteiger partial charge in [0.1, 0.15) is 0 Å². The second-order valence-electron chi connectivity index (χ2n) is 6.04. The van der Waals surface area contributed by atoms with E-state index in [4.69, 9.17) is 17.3 Å². The molecule has 2 nitrogen and oxygen atoms in total. The summed E-state index contributed by atoms with van der Waals surface area (Å²) in [6.45, 7) is 0. The van der Waals surface area contributed by atoms with Crippen LogP contribution in [0.2, 0.25) is 5.02 Å². The van der Waals surface area contributed by atoms with E-state index in [9.17, 15) is 0 Å². The normalized spacial score (nSPS) is 25.8. The van der Waals surface area contributed by atoms with E-state index in [1.807, 2.05) is 23.9 Å². The van der Waals surface area contributed by atoms with Gasteiger partial charge in [-0.25, -0.2) is 4.98 Å². The smallest absolute Gasteiger partial charge is 0.0964 e. The molecule has 0 radical (unpaired) electrons. The molecule has 1 saturated carbocycles. The number of rotatable bonds is 2. The SMILES string of the molecule is NC1CCCCCCCCCCC1Sc1ccc(Cl)cn1. The zero-order valence-corrected chi connectivity index (χ0v) is 14.3. The second kappa shape index (κ2) is 9.70. The van der Waals surface area contributed by atoms with Crippen molar-refractivity contribution in [1.82, 2.24) is 4.98 Å². The van der Waals surface area contributed by atoms with Gasteiger partial charge in [0.15, 0.2) is 0 Å². The Kier molecular flexibility index (Phi) is 7.91. The minimum absolute atomic E-state index is 0.284. The van der Waals surface area contributed by atoms with E-state index in [-0.39, 0.29) is 6.04 Å². The summed E-state index contributed by atoms with van der Waals surface area (Å²) in [6, 6.07) is 4.21. The van der Waals surface area contributed by atoms with Crippen LogP contribution in [-0.2, 0) is 0 Å². The summed E-state index contributed by atoms with van der Waals surface area (Å²) in [5, 5.41) is 2.23. The lowest BCUT2D eigenvalue weighted by molar-refractivity contribution is 0.473. The van der Waals surface area contributed by atoms with Crippen molar-refractivity contribution in [2.45, 2.75) is 80.5 Å².